The van der Waals surface area contributed by atoms with Crippen LogP contribution in [0.3, 0.4) is 0 Å². The van der Waals surface area contributed by atoms with Gasteiger partial charge >= 0.3 is 0 Å². The Kier molecular flexibility index (Phi) is 2.63. The number of hydrogen-bond acceptors (Lipinski definition) is 3. The lowest BCUT2D eigenvalue weighted by Crippen LogP contribution is -1.99. The average Bonchev–Trinajstić information content (AvgIpc) is 2.38. The molecule has 0 atom stereocenters. The molecule has 0 bridgehead atoms. The second kappa shape index (κ2) is 4.31. The van der Waals surface area contributed by atoms with Crippen LogP contribution in [-0.2, 0) is 0 Å². The molecule has 19 heavy (non-hydrogen) atoms. The Balaban J connectivity index is 2.27. The number of nitrogen functional groups attached to an aromatic ring is 1. The highest BCUT2D eigenvalue weighted by Crippen LogP contribution is 2.27. The zero-order valence-corrected chi connectivity index (χ0v) is 10.4. The minimum Gasteiger partial charge on any atom is -0.382 e. The highest BCUT2D eigenvalue weighted by Gasteiger charge is 2.11. The van der Waals surface area contributed by atoms with Crippen molar-refractivity contribution in [2.75, 3.05) is 5.73 Å². The van der Waals surface area contributed by atoms with Crippen LogP contribution in [-0.4, -0.2) is 9.97 Å². The van der Waals surface area contributed by atoms with Gasteiger partial charge in [0.25, 0.3) is 0 Å². The summed E-state index contributed by atoms with van der Waals surface area (Å²) in [6.07, 6.45) is 0. The van der Waals surface area contributed by atoms with Crippen molar-refractivity contribution < 1.29 is 4.39 Å². The molecule has 94 valence electrons. The molecule has 0 saturated heterocycles. The van der Waals surface area contributed by atoms with Crippen LogP contribution >= 0.6 is 0 Å². The molecule has 3 nitrogen and oxygen atoms in total. The number of nitrogens with two attached hydrogens (primary N) is 1. The van der Waals surface area contributed by atoms with Crippen molar-refractivity contribution in [1.82, 2.24) is 9.97 Å². The quantitative estimate of drug-likeness (QED) is 0.723. The van der Waals surface area contributed by atoms with Crippen LogP contribution in [0.5, 0.6) is 0 Å². The number of fused-ring (bicyclic) bond motifs is 1. The molecule has 1 heterocycles. The van der Waals surface area contributed by atoms with E-state index >= 15 is 0 Å². The number of nitrogens with zero attached hydrogens (tertiary/aromatic N) is 2. The summed E-state index contributed by atoms with van der Waals surface area (Å²) < 4.78 is 13.1. The maximum Gasteiger partial charge on any atom is 0.150 e. The SMILES string of the molecule is Cc1cc(F)ccc1-c1nc2ccccc2nc1N. The fourth-order valence-electron chi connectivity index (χ4n) is 2.10. The van der Waals surface area contributed by atoms with Gasteiger partial charge in [0.15, 0.2) is 5.82 Å². The van der Waals surface area contributed by atoms with E-state index < -0.39 is 0 Å². The first-order valence-electron chi connectivity index (χ1n) is 5.94. The molecular formula is C15H12FN3. The average molecular weight is 253 g/mol. The second-order valence-electron chi connectivity index (χ2n) is 4.41. The number of para-hydroxylation sites is 2. The van der Waals surface area contributed by atoms with E-state index in [1.54, 1.807) is 6.07 Å². The highest BCUT2D eigenvalue weighted by atomic mass is 19.1. The Bertz CT molecular complexity index is 768. The molecule has 0 amide bonds. The minimum absolute atomic E-state index is 0.270. The van der Waals surface area contributed by atoms with Gasteiger partial charge in [-0.15, -0.1) is 0 Å². The third-order valence-electron chi connectivity index (χ3n) is 3.04. The molecule has 2 N–H and O–H groups in total. The van der Waals surface area contributed by atoms with E-state index in [-0.39, 0.29) is 5.82 Å². The number of hydrogen-bond donors (Lipinski definition) is 1. The van der Waals surface area contributed by atoms with Gasteiger partial charge in [-0.1, -0.05) is 12.1 Å². The molecule has 3 rings (SSSR count). The van der Waals surface area contributed by atoms with E-state index in [0.717, 1.165) is 22.2 Å². The van der Waals surface area contributed by atoms with E-state index in [0.29, 0.717) is 11.5 Å². The Morgan fingerprint density at radius 2 is 1.68 bits per heavy atom. The summed E-state index contributed by atoms with van der Waals surface area (Å²) in [5.74, 6) is 0.0852. The third kappa shape index (κ3) is 2.01. The van der Waals surface area contributed by atoms with Crippen molar-refractivity contribution in [2.24, 2.45) is 0 Å². The minimum atomic E-state index is -0.270. The Morgan fingerprint density at radius 1 is 1.00 bits per heavy atom. The number of anilines is 1. The van der Waals surface area contributed by atoms with Crippen LogP contribution in [0.1, 0.15) is 5.56 Å². The molecular weight excluding hydrogens is 241 g/mol. The highest BCUT2D eigenvalue weighted by molar-refractivity contribution is 5.83. The summed E-state index contributed by atoms with van der Waals surface area (Å²) in [5, 5.41) is 0. The Labute approximate surface area is 109 Å². The monoisotopic (exact) mass is 253 g/mol. The summed E-state index contributed by atoms with van der Waals surface area (Å²) in [6, 6.07) is 12.1. The molecule has 0 fully saturated rings. The zero-order chi connectivity index (χ0) is 13.4. The fraction of sp³-hybridized carbons (Fsp3) is 0.0667. The molecule has 0 unspecified atom stereocenters. The molecule has 3 aromatic rings. The topological polar surface area (TPSA) is 51.8 Å². The Hall–Kier alpha value is -2.49. The van der Waals surface area contributed by atoms with Crippen LogP contribution < -0.4 is 5.73 Å². The maximum absolute atomic E-state index is 13.1. The molecule has 0 aliphatic carbocycles. The predicted octanol–water partition coefficient (Wildman–Crippen LogP) is 3.33. The van der Waals surface area contributed by atoms with Crippen molar-refractivity contribution in [1.29, 1.82) is 0 Å². The van der Waals surface area contributed by atoms with Gasteiger partial charge in [0, 0.05) is 5.56 Å². The van der Waals surface area contributed by atoms with Crippen molar-refractivity contribution in [3.8, 4) is 11.3 Å². The van der Waals surface area contributed by atoms with Crippen LogP contribution in [0.2, 0.25) is 0 Å². The van der Waals surface area contributed by atoms with E-state index in [9.17, 15) is 4.39 Å². The lowest BCUT2D eigenvalue weighted by Gasteiger charge is -2.09. The molecule has 2 aromatic carbocycles. The van der Waals surface area contributed by atoms with Gasteiger partial charge in [0.1, 0.15) is 11.5 Å². The van der Waals surface area contributed by atoms with Crippen molar-refractivity contribution in [3.05, 3.63) is 53.8 Å². The normalized spacial score (nSPS) is 10.8. The smallest absolute Gasteiger partial charge is 0.150 e. The summed E-state index contributed by atoms with van der Waals surface area (Å²) >= 11 is 0. The summed E-state index contributed by atoms with van der Waals surface area (Å²) in [4.78, 5) is 8.86. The number of aromatic nitrogens is 2. The van der Waals surface area contributed by atoms with Crippen LogP contribution in [0, 0.1) is 12.7 Å². The first kappa shape index (κ1) is 11.6. The predicted molar refractivity (Wildman–Crippen MR) is 74.1 cm³/mol. The van der Waals surface area contributed by atoms with Gasteiger partial charge < -0.3 is 5.73 Å². The van der Waals surface area contributed by atoms with E-state index in [1.807, 2.05) is 31.2 Å². The largest absolute Gasteiger partial charge is 0.382 e. The first-order valence-corrected chi connectivity index (χ1v) is 5.94. The van der Waals surface area contributed by atoms with Crippen LogP contribution in [0.15, 0.2) is 42.5 Å². The van der Waals surface area contributed by atoms with E-state index in [1.165, 1.54) is 12.1 Å². The second-order valence-corrected chi connectivity index (χ2v) is 4.41. The van der Waals surface area contributed by atoms with Gasteiger partial charge in [-0.25, -0.2) is 14.4 Å². The standard InChI is InChI=1S/C15H12FN3/c1-9-8-10(16)6-7-11(9)14-15(17)19-13-5-3-2-4-12(13)18-14/h2-8H,1H3,(H2,17,19). The van der Waals surface area contributed by atoms with E-state index in [2.05, 4.69) is 9.97 Å². The van der Waals surface area contributed by atoms with Crippen molar-refractivity contribution in [2.45, 2.75) is 6.92 Å². The van der Waals surface area contributed by atoms with Crippen molar-refractivity contribution >= 4 is 16.9 Å². The van der Waals surface area contributed by atoms with Gasteiger partial charge in [-0.05, 0) is 42.8 Å². The number of halogens is 1. The maximum atomic E-state index is 13.1. The van der Waals surface area contributed by atoms with Gasteiger partial charge in [-0.3, -0.25) is 0 Å². The van der Waals surface area contributed by atoms with Gasteiger partial charge in [-0.2, -0.15) is 0 Å². The third-order valence-corrected chi connectivity index (χ3v) is 3.04. The molecule has 4 heteroatoms. The molecule has 0 radical (unpaired) electrons. The lowest BCUT2D eigenvalue weighted by molar-refractivity contribution is 0.627. The molecule has 0 aliphatic heterocycles. The van der Waals surface area contributed by atoms with E-state index in [4.69, 9.17) is 5.73 Å². The first-order chi connectivity index (χ1) is 9.15. The van der Waals surface area contributed by atoms with Crippen molar-refractivity contribution in [3.63, 3.8) is 0 Å². The van der Waals surface area contributed by atoms with Gasteiger partial charge in [0.2, 0.25) is 0 Å². The summed E-state index contributed by atoms with van der Waals surface area (Å²) in [5.41, 5.74) is 9.67. The molecule has 1 aromatic heterocycles. The summed E-state index contributed by atoms with van der Waals surface area (Å²) in [7, 11) is 0. The number of benzene rings is 2. The zero-order valence-electron chi connectivity index (χ0n) is 10.4. The fourth-order valence-corrected chi connectivity index (χ4v) is 2.10. The molecule has 0 aliphatic rings. The van der Waals surface area contributed by atoms with Crippen LogP contribution in [0.25, 0.3) is 22.3 Å². The number of aryl methyl sites for hydroxylation is 1. The molecule has 0 spiro atoms. The molecule has 0 saturated carbocycles. The Morgan fingerprint density at radius 3 is 2.37 bits per heavy atom. The van der Waals surface area contributed by atoms with Gasteiger partial charge in [0.05, 0.1) is 11.0 Å². The lowest BCUT2D eigenvalue weighted by atomic mass is 10.1. The van der Waals surface area contributed by atoms with Crippen LogP contribution in [0.4, 0.5) is 10.2 Å². The summed E-state index contributed by atoms with van der Waals surface area (Å²) in [6.45, 7) is 1.83. The number of rotatable bonds is 1.